The second-order valence-electron chi connectivity index (χ2n) is 4.21. The van der Waals surface area contributed by atoms with Crippen molar-refractivity contribution in [2.75, 3.05) is 19.6 Å². The number of piperidine rings is 1. The molecule has 0 spiro atoms. The molecule has 1 aliphatic rings. The van der Waals surface area contributed by atoms with Crippen LogP contribution in [0.2, 0.25) is 0 Å². The van der Waals surface area contributed by atoms with E-state index in [2.05, 4.69) is 18.7 Å². The van der Waals surface area contributed by atoms with Crippen LogP contribution >= 0.6 is 0 Å². The molecule has 1 rings (SSSR count). The maximum absolute atomic E-state index is 9.35. The molecule has 1 N–H and O–H groups in total. The molecule has 0 aliphatic carbocycles. The van der Waals surface area contributed by atoms with Crippen LogP contribution in [-0.4, -0.2) is 35.7 Å². The summed E-state index contributed by atoms with van der Waals surface area (Å²) in [5, 5.41) is 9.35. The Labute approximate surface area is 81.9 Å². The van der Waals surface area contributed by atoms with Crippen LogP contribution in [0, 0.1) is 5.92 Å². The summed E-state index contributed by atoms with van der Waals surface area (Å²) >= 11 is 0. The first-order chi connectivity index (χ1) is 6.26. The number of aliphatic hydroxyl groups excluding tert-OH is 1. The van der Waals surface area contributed by atoms with Crippen molar-refractivity contribution in [1.29, 1.82) is 0 Å². The highest BCUT2D eigenvalue weighted by Gasteiger charge is 2.18. The van der Waals surface area contributed by atoms with Crippen molar-refractivity contribution in [3.05, 3.63) is 0 Å². The minimum atomic E-state index is -0.0297. The van der Waals surface area contributed by atoms with Crippen LogP contribution in [0.5, 0.6) is 0 Å². The number of hydrogen-bond acceptors (Lipinski definition) is 2. The number of nitrogens with zero attached hydrogens (tertiary/aromatic N) is 1. The van der Waals surface area contributed by atoms with Crippen molar-refractivity contribution in [3.63, 3.8) is 0 Å². The van der Waals surface area contributed by atoms with E-state index in [0.717, 1.165) is 31.8 Å². The quantitative estimate of drug-likeness (QED) is 0.723. The molecular weight excluding hydrogens is 162 g/mol. The second kappa shape index (κ2) is 5.61. The molecule has 0 unspecified atom stereocenters. The van der Waals surface area contributed by atoms with Gasteiger partial charge in [0.15, 0.2) is 0 Å². The van der Waals surface area contributed by atoms with Crippen molar-refractivity contribution in [2.45, 2.75) is 45.6 Å². The topological polar surface area (TPSA) is 23.5 Å². The number of likely N-dealkylation sites (tertiary alicyclic amines) is 1. The minimum absolute atomic E-state index is 0.0297. The van der Waals surface area contributed by atoms with Crippen LogP contribution in [0.15, 0.2) is 0 Å². The Morgan fingerprint density at radius 2 is 1.77 bits per heavy atom. The molecule has 0 aromatic carbocycles. The summed E-state index contributed by atoms with van der Waals surface area (Å²) in [6.45, 7) is 7.97. The van der Waals surface area contributed by atoms with Crippen LogP contribution in [-0.2, 0) is 0 Å². The summed E-state index contributed by atoms with van der Waals surface area (Å²) < 4.78 is 0. The monoisotopic (exact) mass is 185 g/mol. The molecule has 1 fully saturated rings. The Hall–Kier alpha value is -0.0800. The van der Waals surface area contributed by atoms with Gasteiger partial charge in [-0.25, -0.2) is 0 Å². The summed E-state index contributed by atoms with van der Waals surface area (Å²) in [6, 6.07) is 0. The Balaban J connectivity index is 2.21. The average Bonchev–Trinajstić information content (AvgIpc) is 2.17. The lowest BCUT2D eigenvalue weighted by Gasteiger charge is -2.31. The Morgan fingerprint density at radius 1 is 1.23 bits per heavy atom. The molecule has 0 bridgehead atoms. The van der Waals surface area contributed by atoms with Gasteiger partial charge in [-0.15, -0.1) is 0 Å². The number of hydrogen-bond donors (Lipinski definition) is 1. The van der Waals surface area contributed by atoms with E-state index in [0.29, 0.717) is 0 Å². The highest BCUT2D eigenvalue weighted by Crippen LogP contribution is 2.15. The van der Waals surface area contributed by atoms with Crippen LogP contribution in [0.3, 0.4) is 0 Å². The zero-order valence-corrected chi connectivity index (χ0v) is 9.00. The Kier molecular flexibility index (Phi) is 4.74. The summed E-state index contributed by atoms with van der Waals surface area (Å²) in [5.74, 6) is 0.857. The lowest BCUT2D eigenvalue weighted by Crippen LogP contribution is -2.38. The van der Waals surface area contributed by atoms with Gasteiger partial charge in [0.25, 0.3) is 0 Å². The molecular formula is C11H23NO. The Morgan fingerprint density at radius 3 is 2.23 bits per heavy atom. The van der Waals surface area contributed by atoms with Gasteiger partial charge in [-0.1, -0.05) is 26.7 Å². The van der Waals surface area contributed by atoms with E-state index in [1.54, 1.807) is 0 Å². The summed E-state index contributed by atoms with van der Waals surface area (Å²) in [7, 11) is 0. The first-order valence-corrected chi connectivity index (χ1v) is 5.66. The van der Waals surface area contributed by atoms with Crippen molar-refractivity contribution in [3.8, 4) is 0 Å². The van der Waals surface area contributed by atoms with Crippen LogP contribution in [0.4, 0.5) is 0 Å². The fraction of sp³-hybridized carbons (Fsp3) is 1.00. The SMILES string of the molecule is CCC(CC)CN1CCC(O)CC1. The average molecular weight is 185 g/mol. The first kappa shape index (κ1) is 11.0. The van der Waals surface area contributed by atoms with Gasteiger partial charge in [0.05, 0.1) is 6.10 Å². The first-order valence-electron chi connectivity index (χ1n) is 5.66. The molecule has 0 atom stereocenters. The molecule has 0 amide bonds. The zero-order chi connectivity index (χ0) is 9.68. The predicted molar refractivity (Wildman–Crippen MR) is 55.8 cm³/mol. The smallest absolute Gasteiger partial charge is 0.0564 e. The highest BCUT2D eigenvalue weighted by molar-refractivity contribution is 4.72. The van der Waals surface area contributed by atoms with E-state index in [4.69, 9.17) is 0 Å². The van der Waals surface area contributed by atoms with Gasteiger partial charge < -0.3 is 10.0 Å². The van der Waals surface area contributed by atoms with Gasteiger partial charge in [0.2, 0.25) is 0 Å². The van der Waals surface area contributed by atoms with Gasteiger partial charge in [0.1, 0.15) is 0 Å². The molecule has 0 radical (unpaired) electrons. The summed E-state index contributed by atoms with van der Waals surface area (Å²) in [4.78, 5) is 2.50. The van der Waals surface area contributed by atoms with E-state index >= 15 is 0 Å². The van der Waals surface area contributed by atoms with Crippen LogP contribution in [0.25, 0.3) is 0 Å². The summed E-state index contributed by atoms with van der Waals surface area (Å²) in [6.07, 6.45) is 4.49. The highest BCUT2D eigenvalue weighted by atomic mass is 16.3. The molecule has 13 heavy (non-hydrogen) atoms. The number of aliphatic hydroxyl groups is 1. The molecule has 1 heterocycles. The van der Waals surface area contributed by atoms with Crippen molar-refractivity contribution >= 4 is 0 Å². The third kappa shape index (κ3) is 3.65. The minimum Gasteiger partial charge on any atom is -0.393 e. The van der Waals surface area contributed by atoms with E-state index in [1.165, 1.54) is 19.4 Å². The van der Waals surface area contributed by atoms with Crippen molar-refractivity contribution in [2.24, 2.45) is 5.92 Å². The molecule has 2 heteroatoms. The zero-order valence-electron chi connectivity index (χ0n) is 9.00. The number of rotatable bonds is 4. The second-order valence-corrected chi connectivity index (χ2v) is 4.21. The van der Waals surface area contributed by atoms with Crippen LogP contribution < -0.4 is 0 Å². The van der Waals surface area contributed by atoms with Gasteiger partial charge >= 0.3 is 0 Å². The molecule has 1 aliphatic heterocycles. The van der Waals surface area contributed by atoms with Gasteiger partial charge in [-0.3, -0.25) is 0 Å². The largest absolute Gasteiger partial charge is 0.393 e. The van der Waals surface area contributed by atoms with Gasteiger partial charge in [-0.2, -0.15) is 0 Å². The molecule has 78 valence electrons. The molecule has 0 aromatic heterocycles. The third-order valence-electron chi connectivity index (χ3n) is 3.23. The Bertz CT molecular complexity index is 126. The van der Waals surface area contributed by atoms with Crippen molar-refractivity contribution in [1.82, 2.24) is 4.90 Å². The molecule has 0 aromatic rings. The molecule has 1 saturated heterocycles. The van der Waals surface area contributed by atoms with E-state index in [1.807, 2.05) is 0 Å². The maximum atomic E-state index is 9.35. The standard InChI is InChI=1S/C11H23NO/c1-3-10(4-2)9-12-7-5-11(13)6-8-12/h10-11,13H,3-9H2,1-2H3. The fourth-order valence-corrected chi connectivity index (χ4v) is 2.01. The lowest BCUT2D eigenvalue weighted by atomic mass is 10.0. The lowest BCUT2D eigenvalue weighted by molar-refractivity contribution is 0.0740. The van der Waals surface area contributed by atoms with E-state index in [-0.39, 0.29) is 6.10 Å². The normalized spacial score (nSPS) is 21.2. The van der Waals surface area contributed by atoms with Crippen molar-refractivity contribution < 1.29 is 5.11 Å². The van der Waals surface area contributed by atoms with E-state index in [9.17, 15) is 5.11 Å². The fourth-order valence-electron chi connectivity index (χ4n) is 2.01. The van der Waals surface area contributed by atoms with Crippen LogP contribution in [0.1, 0.15) is 39.5 Å². The molecule has 2 nitrogen and oxygen atoms in total. The van der Waals surface area contributed by atoms with Gasteiger partial charge in [0, 0.05) is 19.6 Å². The third-order valence-corrected chi connectivity index (χ3v) is 3.23. The summed E-state index contributed by atoms with van der Waals surface area (Å²) in [5.41, 5.74) is 0. The van der Waals surface area contributed by atoms with E-state index < -0.39 is 0 Å². The molecule has 0 saturated carbocycles. The predicted octanol–water partition coefficient (Wildman–Crippen LogP) is 1.88. The van der Waals surface area contributed by atoms with Gasteiger partial charge in [-0.05, 0) is 18.8 Å². The maximum Gasteiger partial charge on any atom is 0.0564 e.